The summed E-state index contributed by atoms with van der Waals surface area (Å²) in [6.07, 6.45) is 0.154. The molecule has 0 aliphatic carbocycles. The molecule has 0 spiro atoms. The van der Waals surface area contributed by atoms with E-state index in [2.05, 4.69) is 17.6 Å². The van der Waals surface area contributed by atoms with E-state index in [1.54, 1.807) is 36.4 Å². The molecule has 1 amide bonds. The fourth-order valence-corrected chi connectivity index (χ4v) is 2.83. The van der Waals surface area contributed by atoms with Gasteiger partial charge < -0.3 is 10.1 Å². The Morgan fingerprint density at radius 3 is 2.71 bits per heavy atom. The molecule has 2 aromatic rings. The molecular formula is C18H16ClN2O3. The summed E-state index contributed by atoms with van der Waals surface area (Å²) < 4.78 is 4.78. The number of halogens is 1. The van der Waals surface area contributed by atoms with Crippen LogP contribution in [-0.2, 0) is 11.2 Å². The van der Waals surface area contributed by atoms with E-state index in [0.717, 1.165) is 24.2 Å². The monoisotopic (exact) mass is 343 g/mol. The highest BCUT2D eigenvalue weighted by molar-refractivity contribution is 6.30. The molecule has 3 rings (SSSR count). The Hall–Kier alpha value is -2.53. The quantitative estimate of drug-likeness (QED) is 0.826. The highest BCUT2D eigenvalue weighted by atomic mass is 35.5. The summed E-state index contributed by atoms with van der Waals surface area (Å²) >= 11 is 5.88. The molecule has 2 aromatic carbocycles. The molecule has 1 radical (unpaired) electrons. The van der Waals surface area contributed by atoms with Gasteiger partial charge in [-0.05, 0) is 55.3 Å². The van der Waals surface area contributed by atoms with Crippen molar-refractivity contribution in [2.45, 2.75) is 6.42 Å². The Kier molecular flexibility index (Phi) is 4.71. The number of carbonyl (C=O) groups excluding carboxylic acids is 2. The van der Waals surface area contributed by atoms with Crippen molar-refractivity contribution < 1.29 is 14.3 Å². The molecule has 0 saturated heterocycles. The molecule has 2 N–H and O–H groups in total. The molecular weight excluding hydrogens is 328 g/mol. The number of fused-ring (bicyclic) bond motifs is 1. The zero-order valence-electron chi connectivity index (χ0n) is 12.9. The third kappa shape index (κ3) is 3.36. The van der Waals surface area contributed by atoms with Crippen LogP contribution in [-0.4, -0.2) is 25.0 Å². The van der Waals surface area contributed by atoms with Gasteiger partial charge in [-0.15, -0.1) is 0 Å². The van der Waals surface area contributed by atoms with Gasteiger partial charge in [-0.1, -0.05) is 11.6 Å². The van der Waals surface area contributed by atoms with E-state index in [4.69, 9.17) is 16.3 Å². The molecule has 0 atom stereocenters. The van der Waals surface area contributed by atoms with Crippen molar-refractivity contribution in [1.82, 2.24) is 0 Å². The van der Waals surface area contributed by atoms with Gasteiger partial charge in [0, 0.05) is 34.1 Å². The third-order valence-corrected chi connectivity index (χ3v) is 4.02. The molecule has 24 heavy (non-hydrogen) atoms. The number of rotatable bonds is 4. The van der Waals surface area contributed by atoms with Gasteiger partial charge in [0.25, 0.3) is 0 Å². The number of ketones is 1. The Labute approximate surface area is 145 Å². The second-order valence-corrected chi connectivity index (χ2v) is 5.76. The minimum absolute atomic E-state index is 0.0333. The van der Waals surface area contributed by atoms with E-state index in [0.29, 0.717) is 21.8 Å². The average Bonchev–Trinajstić information content (AvgIpc) is 3.02. The molecule has 6 heteroatoms. The fourth-order valence-electron chi connectivity index (χ4n) is 2.70. The van der Waals surface area contributed by atoms with Crippen LogP contribution in [0.3, 0.4) is 0 Å². The number of hydrogen-bond acceptors (Lipinski definition) is 4. The number of hydrogen-bond donors (Lipinski definition) is 2. The van der Waals surface area contributed by atoms with E-state index in [1.807, 2.05) is 0 Å². The topological polar surface area (TPSA) is 67.4 Å². The lowest BCUT2D eigenvalue weighted by molar-refractivity contribution is 0.103. The van der Waals surface area contributed by atoms with Gasteiger partial charge in [-0.25, -0.2) is 4.79 Å². The van der Waals surface area contributed by atoms with Crippen molar-refractivity contribution in [2.24, 2.45) is 0 Å². The summed E-state index contributed by atoms with van der Waals surface area (Å²) in [5.41, 5.74) is 3.40. The normalized spacial score (nSPS) is 12.2. The number of nitrogens with one attached hydrogen (secondary N) is 2. The lowest BCUT2D eigenvalue weighted by Crippen LogP contribution is -2.14. The van der Waals surface area contributed by atoms with E-state index >= 15 is 0 Å². The average molecular weight is 344 g/mol. The van der Waals surface area contributed by atoms with Crippen LogP contribution in [0.1, 0.15) is 21.5 Å². The van der Waals surface area contributed by atoms with Crippen molar-refractivity contribution in [2.75, 3.05) is 23.8 Å². The maximum Gasteiger partial charge on any atom is 0.411 e. The first-order chi connectivity index (χ1) is 11.6. The Morgan fingerprint density at radius 2 is 2.00 bits per heavy atom. The number of benzene rings is 2. The van der Waals surface area contributed by atoms with Gasteiger partial charge in [0.15, 0.2) is 5.78 Å². The van der Waals surface area contributed by atoms with Gasteiger partial charge >= 0.3 is 6.09 Å². The van der Waals surface area contributed by atoms with Crippen LogP contribution in [0.25, 0.3) is 0 Å². The second-order valence-electron chi connectivity index (χ2n) is 5.32. The van der Waals surface area contributed by atoms with Gasteiger partial charge in [0.05, 0.1) is 6.61 Å². The van der Waals surface area contributed by atoms with Crippen LogP contribution in [0.4, 0.5) is 16.2 Å². The van der Waals surface area contributed by atoms with Gasteiger partial charge in [0.1, 0.15) is 0 Å². The number of anilines is 2. The highest BCUT2D eigenvalue weighted by Gasteiger charge is 2.22. The minimum Gasteiger partial charge on any atom is -0.449 e. The molecule has 0 unspecified atom stereocenters. The van der Waals surface area contributed by atoms with Crippen LogP contribution in [0.15, 0.2) is 36.4 Å². The zero-order valence-corrected chi connectivity index (χ0v) is 13.7. The van der Waals surface area contributed by atoms with Gasteiger partial charge in [-0.3, -0.25) is 10.1 Å². The lowest BCUT2D eigenvalue weighted by Gasteiger charge is -2.12. The first-order valence-electron chi connectivity index (χ1n) is 7.52. The van der Waals surface area contributed by atoms with Gasteiger partial charge in [-0.2, -0.15) is 0 Å². The molecule has 5 nitrogen and oxygen atoms in total. The number of ether oxygens (including phenoxy) is 1. The standard InChI is InChI=1S/C18H16ClN2O3/c1-2-24-18(23)21-13-9-15(14-7-8-20-16(14)10-13)17(22)11-3-5-12(19)6-4-11/h3-6,9-10,20H,1-2,7-8H2,(H,21,23). The second kappa shape index (κ2) is 6.93. The maximum atomic E-state index is 12.9. The Bertz CT molecular complexity index is 788. The van der Waals surface area contributed by atoms with Crippen molar-refractivity contribution >= 4 is 34.9 Å². The summed E-state index contributed by atoms with van der Waals surface area (Å²) in [4.78, 5) is 24.5. The zero-order chi connectivity index (χ0) is 17.1. The van der Waals surface area contributed by atoms with E-state index in [-0.39, 0.29) is 12.4 Å². The molecule has 123 valence electrons. The summed E-state index contributed by atoms with van der Waals surface area (Å²) in [7, 11) is 0. The molecule has 1 aliphatic rings. The SMILES string of the molecule is [CH2]COC(=O)Nc1cc2c(c(C(=O)c3ccc(Cl)cc3)c1)CCN2. The molecule has 1 heterocycles. The van der Waals surface area contributed by atoms with E-state index < -0.39 is 6.09 Å². The highest BCUT2D eigenvalue weighted by Crippen LogP contribution is 2.31. The minimum atomic E-state index is -0.604. The first-order valence-corrected chi connectivity index (χ1v) is 7.90. The molecule has 0 bridgehead atoms. The number of carbonyl (C=O) groups is 2. The summed E-state index contributed by atoms with van der Waals surface area (Å²) in [6, 6.07) is 10.2. The number of amides is 1. The largest absolute Gasteiger partial charge is 0.449 e. The van der Waals surface area contributed by atoms with Crippen LogP contribution in [0.2, 0.25) is 5.02 Å². The summed E-state index contributed by atoms with van der Waals surface area (Å²) in [5, 5.41) is 6.41. The van der Waals surface area contributed by atoms with E-state index in [1.165, 1.54) is 0 Å². The van der Waals surface area contributed by atoms with E-state index in [9.17, 15) is 9.59 Å². The fraction of sp³-hybridized carbons (Fsp3) is 0.167. The van der Waals surface area contributed by atoms with Crippen LogP contribution in [0.5, 0.6) is 0 Å². The van der Waals surface area contributed by atoms with Crippen LogP contribution < -0.4 is 10.6 Å². The molecule has 0 fully saturated rings. The molecule has 0 aromatic heterocycles. The van der Waals surface area contributed by atoms with Crippen LogP contribution in [0, 0.1) is 6.92 Å². The molecule has 0 saturated carbocycles. The summed E-state index contributed by atoms with van der Waals surface area (Å²) in [6.45, 7) is 4.24. The first kappa shape index (κ1) is 16.3. The predicted molar refractivity (Wildman–Crippen MR) is 93.8 cm³/mol. The van der Waals surface area contributed by atoms with Crippen molar-refractivity contribution in [1.29, 1.82) is 0 Å². The van der Waals surface area contributed by atoms with Crippen molar-refractivity contribution in [3.05, 3.63) is 65.0 Å². The van der Waals surface area contributed by atoms with Crippen molar-refractivity contribution in [3.63, 3.8) is 0 Å². The van der Waals surface area contributed by atoms with Gasteiger partial charge in [0.2, 0.25) is 0 Å². The molecule has 1 aliphatic heterocycles. The Morgan fingerprint density at radius 1 is 1.25 bits per heavy atom. The van der Waals surface area contributed by atoms with Crippen LogP contribution >= 0.6 is 11.6 Å². The van der Waals surface area contributed by atoms with Crippen molar-refractivity contribution in [3.8, 4) is 0 Å². The predicted octanol–water partition coefficient (Wildman–Crippen LogP) is 3.92. The maximum absolute atomic E-state index is 12.9. The smallest absolute Gasteiger partial charge is 0.411 e. The summed E-state index contributed by atoms with van der Waals surface area (Å²) in [5.74, 6) is -0.110. The third-order valence-electron chi connectivity index (χ3n) is 3.77. The lowest BCUT2D eigenvalue weighted by atomic mass is 9.96. The Balaban J connectivity index is 1.97.